The van der Waals surface area contributed by atoms with Crippen LogP contribution < -0.4 is 5.32 Å². The molecule has 1 atom stereocenters. The van der Waals surface area contributed by atoms with Gasteiger partial charge in [-0.05, 0) is 56.2 Å². The van der Waals surface area contributed by atoms with E-state index in [0.717, 1.165) is 32.3 Å². The number of anilines is 1. The first-order valence-electron chi connectivity index (χ1n) is 9.58. The third-order valence-corrected chi connectivity index (χ3v) is 6.98. The Morgan fingerprint density at radius 3 is 2.83 bits per heavy atom. The maximum absolute atomic E-state index is 12.8. The van der Waals surface area contributed by atoms with Gasteiger partial charge in [0, 0.05) is 5.39 Å². The lowest BCUT2D eigenvalue weighted by molar-refractivity contribution is -0.115. The topological polar surface area (TPSA) is 72.2 Å². The molecule has 0 saturated heterocycles. The molecule has 0 saturated carbocycles. The quantitative estimate of drug-likeness (QED) is 0.393. The minimum Gasteiger partial charge on any atom is -0.301 e. The monoisotopic (exact) mass is 433 g/mol. The number of hydrogen-bond acceptors (Lipinski definition) is 6. The largest absolute Gasteiger partial charge is 0.301 e. The molecule has 0 fully saturated rings. The van der Waals surface area contributed by atoms with Gasteiger partial charge in [-0.15, -0.1) is 10.2 Å². The molecule has 5 aromatic rings. The molecule has 30 heavy (non-hydrogen) atoms. The number of carbonyl (C=O) groups excluding carboxylic acids is 1. The first kappa shape index (κ1) is 19.0. The van der Waals surface area contributed by atoms with Crippen LogP contribution in [-0.2, 0) is 4.79 Å². The number of rotatable bonds is 4. The molecule has 0 aliphatic rings. The van der Waals surface area contributed by atoms with Crippen molar-refractivity contribution in [2.75, 3.05) is 5.32 Å². The summed E-state index contributed by atoms with van der Waals surface area (Å²) in [7, 11) is 0. The summed E-state index contributed by atoms with van der Waals surface area (Å²) in [5.74, 6) is -0.107. The Labute approximate surface area is 181 Å². The summed E-state index contributed by atoms with van der Waals surface area (Å²) in [6.45, 7) is 5.98. The van der Waals surface area contributed by atoms with Crippen molar-refractivity contribution >= 4 is 60.9 Å². The molecule has 0 bridgehead atoms. The number of fused-ring (bicyclic) bond motifs is 4. The van der Waals surface area contributed by atoms with Crippen molar-refractivity contribution in [3.05, 3.63) is 59.7 Å². The highest BCUT2D eigenvalue weighted by atomic mass is 32.2. The van der Waals surface area contributed by atoms with Crippen LogP contribution in [0.3, 0.4) is 0 Å². The molecule has 1 N–H and O–H groups in total. The average molecular weight is 434 g/mol. The van der Waals surface area contributed by atoms with Crippen molar-refractivity contribution in [1.29, 1.82) is 0 Å². The third-order valence-electron chi connectivity index (χ3n) is 5.00. The number of benzene rings is 2. The standard InChI is InChI=1S/C22H19N5OS2/c1-12-8-9-16-18(10-12)30-21(23-16)24-20(28)14(3)29-22-26-25-19-11-13(2)15-6-4-5-7-17(15)27(19)22/h4-11,14H,1-3H3,(H,23,24,28). The number of aromatic nitrogens is 4. The minimum absolute atomic E-state index is 0.107. The number of pyridine rings is 1. The van der Waals surface area contributed by atoms with Crippen LogP contribution in [0.25, 0.3) is 26.8 Å². The zero-order chi connectivity index (χ0) is 20.8. The van der Waals surface area contributed by atoms with Crippen LogP contribution in [-0.4, -0.2) is 30.7 Å². The highest BCUT2D eigenvalue weighted by molar-refractivity contribution is 8.00. The van der Waals surface area contributed by atoms with Crippen LogP contribution in [0.4, 0.5) is 5.13 Å². The molecule has 0 spiro atoms. The summed E-state index contributed by atoms with van der Waals surface area (Å²) in [6.07, 6.45) is 0. The molecule has 1 amide bonds. The van der Waals surface area contributed by atoms with Gasteiger partial charge in [-0.25, -0.2) is 4.98 Å². The summed E-state index contributed by atoms with van der Waals surface area (Å²) < 4.78 is 3.08. The van der Waals surface area contributed by atoms with E-state index in [1.807, 2.05) is 48.6 Å². The molecule has 8 heteroatoms. The predicted octanol–water partition coefficient (Wildman–Crippen LogP) is 5.23. The van der Waals surface area contributed by atoms with E-state index in [9.17, 15) is 4.79 Å². The molecule has 3 aromatic heterocycles. The zero-order valence-corrected chi connectivity index (χ0v) is 18.3. The fourth-order valence-corrected chi connectivity index (χ4v) is 5.29. The molecule has 0 radical (unpaired) electrons. The molecular formula is C22H19N5OS2. The Kier molecular flexibility index (Phi) is 4.67. The van der Waals surface area contributed by atoms with E-state index in [-0.39, 0.29) is 11.2 Å². The summed E-state index contributed by atoms with van der Waals surface area (Å²) in [5, 5.41) is 13.7. The lowest BCUT2D eigenvalue weighted by atomic mass is 10.1. The van der Waals surface area contributed by atoms with Crippen LogP contribution in [0.5, 0.6) is 0 Å². The summed E-state index contributed by atoms with van der Waals surface area (Å²) in [6, 6.07) is 16.3. The normalized spacial score (nSPS) is 12.6. The first-order chi connectivity index (χ1) is 14.5. The van der Waals surface area contributed by atoms with E-state index in [1.165, 1.54) is 28.7 Å². The van der Waals surface area contributed by atoms with Gasteiger partial charge in [0.05, 0.1) is 21.0 Å². The number of para-hydroxylation sites is 1. The van der Waals surface area contributed by atoms with Gasteiger partial charge in [-0.2, -0.15) is 0 Å². The molecule has 1 unspecified atom stereocenters. The highest BCUT2D eigenvalue weighted by Gasteiger charge is 2.20. The Bertz CT molecular complexity index is 1420. The Hall–Kier alpha value is -2.97. The van der Waals surface area contributed by atoms with Gasteiger partial charge in [0.2, 0.25) is 5.91 Å². The van der Waals surface area contributed by atoms with Gasteiger partial charge in [0.25, 0.3) is 0 Å². The fraction of sp³-hybridized carbons (Fsp3) is 0.182. The molecule has 2 aromatic carbocycles. The molecule has 0 aliphatic carbocycles. The second-order valence-electron chi connectivity index (χ2n) is 7.26. The Morgan fingerprint density at radius 2 is 1.97 bits per heavy atom. The van der Waals surface area contributed by atoms with Crippen molar-refractivity contribution < 1.29 is 4.79 Å². The van der Waals surface area contributed by atoms with Gasteiger partial charge in [-0.1, -0.05) is 47.4 Å². The van der Waals surface area contributed by atoms with Crippen LogP contribution >= 0.6 is 23.1 Å². The third kappa shape index (κ3) is 3.32. The van der Waals surface area contributed by atoms with Crippen LogP contribution in [0.2, 0.25) is 0 Å². The maximum Gasteiger partial charge on any atom is 0.239 e. The van der Waals surface area contributed by atoms with E-state index in [2.05, 4.69) is 45.6 Å². The SMILES string of the molecule is Cc1ccc2nc(NC(=O)C(C)Sc3nnc4cc(C)c5ccccc5n34)sc2c1. The second-order valence-corrected chi connectivity index (χ2v) is 9.60. The van der Waals surface area contributed by atoms with Gasteiger partial charge < -0.3 is 5.32 Å². The second kappa shape index (κ2) is 7.37. The van der Waals surface area contributed by atoms with E-state index >= 15 is 0 Å². The van der Waals surface area contributed by atoms with E-state index in [1.54, 1.807) is 0 Å². The van der Waals surface area contributed by atoms with Crippen molar-refractivity contribution in [3.63, 3.8) is 0 Å². The van der Waals surface area contributed by atoms with E-state index in [0.29, 0.717) is 10.3 Å². The number of hydrogen-bond donors (Lipinski definition) is 1. The molecule has 3 heterocycles. The van der Waals surface area contributed by atoms with Gasteiger partial charge in [0.1, 0.15) is 0 Å². The van der Waals surface area contributed by atoms with Crippen molar-refractivity contribution in [2.24, 2.45) is 0 Å². The molecule has 5 rings (SSSR count). The summed E-state index contributed by atoms with van der Waals surface area (Å²) in [4.78, 5) is 17.3. The maximum atomic E-state index is 12.8. The fourth-order valence-electron chi connectivity index (χ4n) is 3.46. The molecule has 6 nitrogen and oxygen atoms in total. The number of carbonyl (C=O) groups is 1. The predicted molar refractivity (Wildman–Crippen MR) is 124 cm³/mol. The van der Waals surface area contributed by atoms with Crippen LogP contribution in [0.15, 0.2) is 53.7 Å². The summed E-state index contributed by atoms with van der Waals surface area (Å²) in [5.41, 5.74) is 5.04. The van der Waals surface area contributed by atoms with E-state index < -0.39 is 0 Å². The first-order valence-corrected chi connectivity index (χ1v) is 11.3. The molecular weight excluding hydrogens is 414 g/mol. The minimum atomic E-state index is -0.355. The lowest BCUT2D eigenvalue weighted by Crippen LogP contribution is -2.22. The number of aryl methyl sites for hydroxylation is 2. The number of thioether (sulfide) groups is 1. The van der Waals surface area contributed by atoms with Crippen molar-refractivity contribution in [3.8, 4) is 0 Å². The average Bonchev–Trinajstić information content (AvgIpc) is 3.31. The highest BCUT2D eigenvalue weighted by Crippen LogP contribution is 2.30. The van der Waals surface area contributed by atoms with E-state index in [4.69, 9.17) is 0 Å². The molecule has 0 aliphatic heterocycles. The molecule has 150 valence electrons. The number of amides is 1. The van der Waals surface area contributed by atoms with Gasteiger partial charge >= 0.3 is 0 Å². The number of nitrogens with one attached hydrogen (secondary N) is 1. The Morgan fingerprint density at radius 1 is 1.13 bits per heavy atom. The van der Waals surface area contributed by atoms with Crippen LogP contribution in [0.1, 0.15) is 18.1 Å². The van der Waals surface area contributed by atoms with Gasteiger partial charge in [-0.3, -0.25) is 9.20 Å². The Balaban J connectivity index is 1.41. The van der Waals surface area contributed by atoms with Crippen molar-refractivity contribution in [1.82, 2.24) is 19.6 Å². The number of nitrogens with zero attached hydrogens (tertiary/aromatic N) is 4. The smallest absolute Gasteiger partial charge is 0.239 e. The van der Waals surface area contributed by atoms with Crippen molar-refractivity contribution in [2.45, 2.75) is 31.2 Å². The lowest BCUT2D eigenvalue weighted by Gasteiger charge is -2.11. The summed E-state index contributed by atoms with van der Waals surface area (Å²) >= 11 is 2.88. The van der Waals surface area contributed by atoms with Crippen LogP contribution in [0, 0.1) is 13.8 Å². The zero-order valence-electron chi connectivity index (χ0n) is 16.7. The number of thiazole rings is 1. The van der Waals surface area contributed by atoms with Gasteiger partial charge in [0.15, 0.2) is 15.9 Å².